The van der Waals surface area contributed by atoms with Crippen LogP contribution in [0.2, 0.25) is 0 Å². The Bertz CT molecular complexity index is 388. The lowest BCUT2D eigenvalue weighted by molar-refractivity contribution is -0.110. The minimum absolute atomic E-state index is 0.184. The Morgan fingerprint density at radius 2 is 2.05 bits per heavy atom. The largest absolute Gasteiger partial charge is 0.444 e. The summed E-state index contributed by atoms with van der Waals surface area (Å²) in [5, 5.41) is 0. The van der Waals surface area contributed by atoms with E-state index in [2.05, 4.69) is 6.92 Å². The van der Waals surface area contributed by atoms with Crippen LogP contribution in [0.5, 0.6) is 0 Å². The summed E-state index contributed by atoms with van der Waals surface area (Å²) in [6, 6.07) is 0.252. The number of likely N-dealkylation sites (tertiary alicyclic amines) is 1. The molecule has 4 nitrogen and oxygen atoms in total. The Morgan fingerprint density at radius 1 is 1.33 bits per heavy atom. The van der Waals surface area contributed by atoms with E-state index in [1.54, 1.807) is 0 Å². The fraction of sp³-hybridized carbons (Fsp3) is 0.882. The van der Waals surface area contributed by atoms with Crippen molar-refractivity contribution in [3.05, 3.63) is 0 Å². The van der Waals surface area contributed by atoms with Gasteiger partial charge in [-0.3, -0.25) is 0 Å². The predicted octanol–water partition coefficient (Wildman–Crippen LogP) is 3.64. The normalized spacial score (nSPS) is 33.2. The number of hydrogen-bond acceptors (Lipinski definition) is 3. The molecule has 1 amide bonds. The molecular formula is C17H29NO3. The molecule has 0 unspecified atom stereocenters. The maximum atomic E-state index is 12.5. The monoisotopic (exact) mass is 295 g/mol. The Labute approximate surface area is 128 Å². The lowest BCUT2D eigenvalue weighted by Gasteiger charge is -2.49. The average Bonchev–Trinajstić information content (AvgIpc) is 2.36. The highest BCUT2D eigenvalue weighted by Gasteiger charge is 2.43. The van der Waals surface area contributed by atoms with Crippen LogP contribution in [-0.4, -0.2) is 35.5 Å². The average molecular weight is 295 g/mol. The lowest BCUT2D eigenvalue weighted by Crippen LogP contribution is -2.54. The highest BCUT2D eigenvalue weighted by Crippen LogP contribution is 2.43. The number of hydrogen-bond donors (Lipinski definition) is 0. The van der Waals surface area contributed by atoms with Crippen molar-refractivity contribution in [3.8, 4) is 0 Å². The first-order chi connectivity index (χ1) is 9.81. The predicted molar refractivity (Wildman–Crippen MR) is 82.0 cm³/mol. The van der Waals surface area contributed by atoms with Gasteiger partial charge in [0, 0.05) is 19.0 Å². The van der Waals surface area contributed by atoms with Crippen molar-refractivity contribution < 1.29 is 14.3 Å². The summed E-state index contributed by atoms with van der Waals surface area (Å²) in [4.78, 5) is 25.4. The summed E-state index contributed by atoms with van der Waals surface area (Å²) in [5.74, 6) is 1.47. The fourth-order valence-corrected chi connectivity index (χ4v) is 4.08. The number of rotatable bonds is 2. The highest BCUT2D eigenvalue weighted by molar-refractivity contribution is 5.68. The minimum atomic E-state index is -0.452. The van der Waals surface area contributed by atoms with E-state index in [1.807, 2.05) is 25.7 Å². The van der Waals surface area contributed by atoms with E-state index in [4.69, 9.17) is 4.74 Å². The molecule has 21 heavy (non-hydrogen) atoms. The van der Waals surface area contributed by atoms with Crippen LogP contribution in [0.25, 0.3) is 0 Å². The highest BCUT2D eigenvalue weighted by atomic mass is 16.6. The molecule has 1 aliphatic carbocycles. The van der Waals surface area contributed by atoms with E-state index in [-0.39, 0.29) is 12.1 Å². The van der Waals surface area contributed by atoms with E-state index in [0.29, 0.717) is 24.2 Å². The molecule has 0 aromatic heterocycles. The molecule has 0 N–H and O–H groups in total. The molecular weight excluding hydrogens is 266 g/mol. The smallest absolute Gasteiger partial charge is 0.410 e. The van der Waals surface area contributed by atoms with Crippen LogP contribution in [0.15, 0.2) is 0 Å². The summed E-state index contributed by atoms with van der Waals surface area (Å²) in [7, 11) is 0. The summed E-state index contributed by atoms with van der Waals surface area (Å²) >= 11 is 0. The molecule has 0 spiro atoms. The summed E-state index contributed by atoms with van der Waals surface area (Å²) in [6.45, 7) is 8.74. The third-order valence-corrected chi connectivity index (χ3v) is 4.81. The van der Waals surface area contributed by atoms with Gasteiger partial charge in [0.05, 0.1) is 0 Å². The second-order valence-corrected chi connectivity index (χ2v) is 7.79. The van der Waals surface area contributed by atoms with E-state index in [0.717, 1.165) is 38.5 Å². The van der Waals surface area contributed by atoms with Gasteiger partial charge < -0.3 is 14.4 Å². The van der Waals surface area contributed by atoms with Crippen LogP contribution in [0, 0.1) is 17.8 Å². The molecule has 0 aromatic carbocycles. The molecule has 1 saturated carbocycles. The second kappa shape index (κ2) is 6.37. The van der Waals surface area contributed by atoms with E-state index < -0.39 is 5.60 Å². The SMILES string of the molecule is C[C@H]1C[C@@H](CC=O)[C@@H]2CCCN(C(=O)OC(C)(C)C)[C@H]2C1. The topological polar surface area (TPSA) is 46.6 Å². The molecule has 0 radical (unpaired) electrons. The van der Waals surface area contributed by atoms with Gasteiger partial charge in [-0.25, -0.2) is 4.79 Å². The number of aldehydes is 1. The van der Waals surface area contributed by atoms with E-state index in [9.17, 15) is 9.59 Å². The van der Waals surface area contributed by atoms with Crippen molar-refractivity contribution in [1.29, 1.82) is 0 Å². The van der Waals surface area contributed by atoms with Crippen molar-refractivity contribution in [2.45, 2.75) is 71.4 Å². The number of piperidine rings is 1. The Kier molecular flexibility index (Phi) is 4.95. The number of carbonyl (C=O) groups is 2. The number of nitrogens with zero attached hydrogens (tertiary/aromatic N) is 1. The fourth-order valence-electron chi connectivity index (χ4n) is 4.08. The number of fused-ring (bicyclic) bond motifs is 1. The van der Waals surface area contributed by atoms with Gasteiger partial charge in [0.1, 0.15) is 11.9 Å². The van der Waals surface area contributed by atoms with Crippen LogP contribution in [0.1, 0.15) is 59.8 Å². The number of ether oxygens (including phenoxy) is 1. The molecule has 0 aromatic rings. The Morgan fingerprint density at radius 3 is 2.67 bits per heavy atom. The van der Waals surface area contributed by atoms with Crippen molar-refractivity contribution in [2.24, 2.45) is 17.8 Å². The zero-order valence-electron chi connectivity index (χ0n) is 13.8. The summed E-state index contributed by atoms with van der Waals surface area (Å²) < 4.78 is 5.57. The molecule has 120 valence electrons. The first-order valence-corrected chi connectivity index (χ1v) is 8.25. The third kappa shape index (κ3) is 3.98. The molecule has 1 aliphatic heterocycles. The Hall–Kier alpha value is -1.06. The molecule has 2 rings (SSSR count). The van der Waals surface area contributed by atoms with Gasteiger partial charge in [0.25, 0.3) is 0 Å². The maximum absolute atomic E-state index is 12.5. The molecule has 1 heterocycles. The van der Waals surface area contributed by atoms with Gasteiger partial charge in [-0.15, -0.1) is 0 Å². The van der Waals surface area contributed by atoms with Crippen LogP contribution in [-0.2, 0) is 9.53 Å². The van der Waals surface area contributed by atoms with E-state index in [1.165, 1.54) is 0 Å². The van der Waals surface area contributed by atoms with Gasteiger partial charge in [-0.05, 0) is 64.2 Å². The van der Waals surface area contributed by atoms with E-state index >= 15 is 0 Å². The quantitative estimate of drug-likeness (QED) is 0.731. The van der Waals surface area contributed by atoms with Crippen molar-refractivity contribution in [3.63, 3.8) is 0 Å². The molecule has 2 aliphatic rings. The van der Waals surface area contributed by atoms with Crippen LogP contribution >= 0.6 is 0 Å². The van der Waals surface area contributed by atoms with Crippen molar-refractivity contribution in [2.75, 3.05) is 6.54 Å². The van der Waals surface area contributed by atoms with Gasteiger partial charge in [0.2, 0.25) is 0 Å². The number of amides is 1. The van der Waals surface area contributed by atoms with Gasteiger partial charge in [-0.2, -0.15) is 0 Å². The van der Waals surface area contributed by atoms with Gasteiger partial charge >= 0.3 is 6.09 Å². The lowest BCUT2D eigenvalue weighted by atomic mass is 9.67. The molecule has 4 atom stereocenters. The zero-order valence-corrected chi connectivity index (χ0v) is 13.8. The second-order valence-electron chi connectivity index (χ2n) is 7.79. The third-order valence-electron chi connectivity index (χ3n) is 4.81. The van der Waals surface area contributed by atoms with Crippen molar-refractivity contribution >= 4 is 12.4 Å². The molecule has 2 fully saturated rings. The molecule has 4 heteroatoms. The van der Waals surface area contributed by atoms with Crippen LogP contribution in [0.3, 0.4) is 0 Å². The number of carbonyl (C=O) groups excluding carboxylic acids is 2. The van der Waals surface area contributed by atoms with Gasteiger partial charge in [0.15, 0.2) is 0 Å². The van der Waals surface area contributed by atoms with Gasteiger partial charge in [-0.1, -0.05) is 6.92 Å². The first-order valence-electron chi connectivity index (χ1n) is 8.25. The van der Waals surface area contributed by atoms with Crippen molar-refractivity contribution in [1.82, 2.24) is 4.90 Å². The van der Waals surface area contributed by atoms with Crippen LogP contribution in [0.4, 0.5) is 4.79 Å². The molecule has 1 saturated heterocycles. The zero-order chi connectivity index (χ0) is 15.6. The van der Waals surface area contributed by atoms with Crippen LogP contribution < -0.4 is 0 Å². The minimum Gasteiger partial charge on any atom is -0.444 e. The summed E-state index contributed by atoms with van der Waals surface area (Å²) in [5.41, 5.74) is -0.452. The Balaban J connectivity index is 2.12. The summed E-state index contributed by atoms with van der Waals surface area (Å²) in [6.07, 6.45) is 5.80. The first kappa shape index (κ1) is 16.3. The maximum Gasteiger partial charge on any atom is 0.410 e. The molecule has 0 bridgehead atoms. The standard InChI is InChI=1S/C17H29NO3/c1-12-10-13(7-9-19)14-6-5-8-18(15(14)11-12)16(20)21-17(2,3)4/h9,12-15H,5-8,10-11H2,1-4H3/t12-,13+,14-,15-/m0/s1.